The van der Waals surface area contributed by atoms with Crippen LogP contribution in [0.3, 0.4) is 0 Å². The normalized spacial score (nSPS) is 27.9. The van der Waals surface area contributed by atoms with E-state index in [1.54, 1.807) is 12.1 Å². The van der Waals surface area contributed by atoms with E-state index in [-0.39, 0.29) is 11.5 Å². The van der Waals surface area contributed by atoms with Gasteiger partial charge in [-0.3, -0.25) is 0 Å². The number of nitrogens with one attached hydrogen (secondary N) is 1. The van der Waals surface area contributed by atoms with Crippen LogP contribution in [-0.2, 0) is 9.84 Å². The zero-order valence-electron chi connectivity index (χ0n) is 8.77. The molecule has 5 nitrogen and oxygen atoms in total. The van der Waals surface area contributed by atoms with E-state index in [1.807, 2.05) is 6.92 Å². The number of hydrogen-bond donors (Lipinski definition) is 1. The van der Waals surface area contributed by atoms with Crippen molar-refractivity contribution in [1.82, 2.24) is 10.2 Å². The van der Waals surface area contributed by atoms with Crippen molar-refractivity contribution < 1.29 is 8.42 Å². The van der Waals surface area contributed by atoms with E-state index in [0.717, 1.165) is 0 Å². The van der Waals surface area contributed by atoms with Crippen molar-refractivity contribution in [3.8, 4) is 0 Å². The van der Waals surface area contributed by atoms with Gasteiger partial charge in [0.05, 0.1) is 17.0 Å². The summed E-state index contributed by atoms with van der Waals surface area (Å²) in [5.41, 5.74) is -0.457. The Morgan fingerprint density at radius 1 is 1.44 bits per heavy atom. The van der Waals surface area contributed by atoms with Gasteiger partial charge in [-0.15, -0.1) is 10.2 Å². The summed E-state index contributed by atoms with van der Waals surface area (Å²) in [5.74, 6) is 0.894. The molecule has 0 aromatic carbocycles. The minimum absolute atomic E-state index is 0.129. The van der Waals surface area contributed by atoms with Gasteiger partial charge in [-0.1, -0.05) is 11.6 Å². The van der Waals surface area contributed by atoms with Crippen LogP contribution in [0.4, 0.5) is 5.82 Å². The first-order valence-electron chi connectivity index (χ1n) is 4.86. The fraction of sp³-hybridized carbons (Fsp3) is 0.556. The highest BCUT2D eigenvalue weighted by Crippen LogP contribution is 2.26. The molecule has 0 aliphatic carbocycles. The van der Waals surface area contributed by atoms with Gasteiger partial charge in [0.25, 0.3) is 0 Å². The zero-order valence-corrected chi connectivity index (χ0v) is 10.3. The van der Waals surface area contributed by atoms with E-state index in [0.29, 0.717) is 17.4 Å². The van der Waals surface area contributed by atoms with Gasteiger partial charge in [-0.25, -0.2) is 8.42 Å². The monoisotopic (exact) mass is 261 g/mol. The van der Waals surface area contributed by atoms with Crippen molar-refractivity contribution in [2.75, 3.05) is 16.8 Å². The predicted octanol–water partition coefficient (Wildman–Crippen LogP) is 1.12. The van der Waals surface area contributed by atoms with Gasteiger partial charge in [-0.2, -0.15) is 0 Å². The van der Waals surface area contributed by atoms with E-state index in [9.17, 15) is 8.42 Å². The van der Waals surface area contributed by atoms with Crippen molar-refractivity contribution in [3.05, 3.63) is 17.3 Å². The maximum atomic E-state index is 11.4. The van der Waals surface area contributed by atoms with Gasteiger partial charge < -0.3 is 5.32 Å². The quantitative estimate of drug-likeness (QED) is 0.864. The molecule has 1 aromatic rings. The summed E-state index contributed by atoms with van der Waals surface area (Å²) in [4.78, 5) is 0. The molecule has 1 aliphatic heterocycles. The molecule has 1 saturated heterocycles. The Bertz CT molecular complexity index is 488. The molecule has 1 N–H and O–H groups in total. The maximum absolute atomic E-state index is 11.4. The van der Waals surface area contributed by atoms with E-state index >= 15 is 0 Å². The first-order valence-corrected chi connectivity index (χ1v) is 7.06. The third-order valence-corrected chi connectivity index (χ3v) is 4.67. The Kier molecular flexibility index (Phi) is 2.79. The molecule has 0 amide bonds. The van der Waals surface area contributed by atoms with E-state index in [2.05, 4.69) is 15.5 Å². The number of sulfone groups is 1. The Morgan fingerprint density at radius 3 is 2.69 bits per heavy atom. The van der Waals surface area contributed by atoms with E-state index < -0.39 is 15.4 Å². The summed E-state index contributed by atoms with van der Waals surface area (Å²) in [5, 5.41) is 10.9. The molecule has 2 heterocycles. The molecule has 1 aliphatic rings. The van der Waals surface area contributed by atoms with Crippen molar-refractivity contribution in [2.45, 2.75) is 18.9 Å². The number of halogens is 1. The molecule has 1 unspecified atom stereocenters. The second kappa shape index (κ2) is 3.85. The van der Waals surface area contributed by atoms with Crippen LogP contribution in [0.25, 0.3) is 0 Å². The molecule has 1 aromatic heterocycles. The highest BCUT2D eigenvalue weighted by Gasteiger charge is 2.38. The van der Waals surface area contributed by atoms with Gasteiger partial charge in [0.1, 0.15) is 5.82 Å². The first kappa shape index (κ1) is 11.6. The van der Waals surface area contributed by atoms with Crippen LogP contribution >= 0.6 is 11.6 Å². The van der Waals surface area contributed by atoms with Crippen LogP contribution in [0.1, 0.15) is 13.3 Å². The third kappa shape index (κ3) is 2.62. The summed E-state index contributed by atoms with van der Waals surface area (Å²) < 4.78 is 22.8. The fourth-order valence-electron chi connectivity index (χ4n) is 1.80. The minimum Gasteiger partial charge on any atom is -0.362 e. The molecule has 7 heteroatoms. The number of anilines is 1. The van der Waals surface area contributed by atoms with Crippen LogP contribution in [0, 0.1) is 0 Å². The standard InChI is InChI=1S/C9H12ClN3O2S/c1-9(4-5-16(14,15)6-9)11-8-3-2-7(10)12-13-8/h2-3H,4-6H2,1H3,(H,11,13). The number of hydrogen-bond acceptors (Lipinski definition) is 5. The molecule has 0 bridgehead atoms. The Balaban J connectivity index is 2.13. The molecule has 1 fully saturated rings. The molecule has 1 atom stereocenters. The van der Waals surface area contributed by atoms with Crippen molar-refractivity contribution in [2.24, 2.45) is 0 Å². The van der Waals surface area contributed by atoms with Gasteiger partial charge in [0, 0.05) is 0 Å². The summed E-state index contributed by atoms with van der Waals surface area (Å²) in [7, 11) is -2.92. The molecule has 0 radical (unpaired) electrons. The van der Waals surface area contributed by atoms with E-state index in [4.69, 9.17) is 11.6 Å². The molecule has 16 heavy (non-hydrogen) atoms. The smallest absolute Gasteiger partial charge is 0.152 e. The van der Waals surface area contributed by atoms with Gasteiger partial charge in [-0.05, 0) is 25.5 Å². The van der Waals surface area contributed by atoms with Gasteiger partial charge in [0.2, 0.25) is 0 Å². The Morgan fingerprint density at radius 2 is 2.19 bits per heavy atom. The summed E-state index contributed by atoms with van der Waals surface area (Å²) in [6.07, 6.45) is 0.583. The fourth-order valence-corrected chi connectivity index (χ4v) is 3.99. The first-order chi connectivity index (χ1) is 7.39. The highest BCUT2D eigenvalue weighted by molar-refractivity contribution is 7.91. The Labute approximate surface area is 99.1 Å². The second-order valence-corrected chi connectivity index (χ2v) is 6.84. The van der Waals surface area contributed by atoms with Crippen molar-refractivity contribution in [1.29, 1.82) is 0 Å². The lowest BCUT2D eigenvalue weighted by Gasteiger charge is -2.23. The second-order valence-electron chi connectivity index (χ2n) is 4.27. The van der Waals surface area contributed by atoms with Crippen LogP contribution in [0.15, 0.2) is 12.1 Å². The van der Waals surface area contributed by atoms with E-state index in [1.165, 1.54) is 0 Å². The molecular formula is C9H12ClN3O2S. The zero-order chi connectivity index (χ0) is 11.8. The molecular weight excluding hydrogens is 250 g/mol. The Hall–Kier alpha value is -0.880. The largest absolute Gasteiger partial charge is 0.362 e. The van der Waals surface area contributed by atoms with Gasteiger partial charge >= 0.3 is 0 Å². The van der Waals surface area contributed by atoms with Crippen LogP contribution in [0.2, 0.25) is 5.15 Å². The summed E-state index contributed by atoms with van der Waals surface area (Å²) >= 11 is 5.61. The van der Waals surface area contributed by atoms with Crippen LogP contribution in [-0.4, -0.2) is 35.7 Å². The third-order valence-electron chi connectivity index (χ3n) is 2.57. The minimum atomic E-state index is -2.92. The SMILES string of the molecule is CC1(Nc2ccc(Cl)nn2)CCS(=O)(=O)C1. The molecule has 0 spiro atoms. The van der Waals surface area contributed by atoms with Crippen molar-refractivity contribution >= 4 is 27.3 Å². The summed E-state index contributed by atoms with van der Waals surface area (Å²) in [6.45, 7) is 1.87. The lowest BCUT2D eigenvalue weighted by atomic mass is 10.0. The average molecular weight is 262 g/mol. The molecule has 0 saturated carbocycles. The maximum Gasteiger partial charge on any atom is 0.152 e. The van der Waals surface area contributed by atoms with Crippen LogP contribution < -0.4 is 5.32 Å². The molecule has 88 valence electrons. The highest BCUT2D eigenvalue weighted by atomic mass is 35.5. The number of nitrogens with zero attached hydrogens (tertiary/aromatic N) is 2. The summed E-state index contributed by atoms with van der Waals surface area (Å²) in [6, 6.07) is 3.30. The topological polar surface area (TPSA) is 72.0 Å². The predicted molar refractivity (Wildman–Crippen MR) is 62.3 cm³/mol. The number of rotatable bonds is 2. The lowest BCUT2D eigenvalue weighted by Crippen LogP contribution is -2.36. The van der Waals surface area contributed by atoms with Crippen LogP contribution in [0.5, 0.6) is 0 Å². The number of aromatic nitrogens is 2. The van der Waals surface area contributed by atoms with Gasteiger partial charge in [0.15, 0.2) is 15.0 Å². The average Bonchev–Trinajstić information content (AvgIpc) is 2.45. The molecule has 2 rings (SSSR count). The lowest BCUT2D eigenvalue weighted by molar-refractivity contribution is 0.571. The van der Waals surface area contributed by atoms with Crippen molar-refractivity contribution in [3.63, 3.8) is 0 Å².